The Balaban J connectivity index is 0.000000377. The van der Waals surface area contributed by atoms with Crippen LogP contribution in [0.1, 0.15) is 141 Å². The molecule has 0 aromatic heterocycles. The van der Waals surface area contributed by atoms with Crippen molar-refractivity contribution >= 4 is 24.2 Å². The molecule has 4 fully saturated rings. The van der Waals surface area contributed by atoms with Gasteiger partial charge in [0.1, 0.15) is 35.9 Å². The summed E-state index contributed by atoms with van der Waals surface area (Å²) in [5.41, 5.74) is 5.70. The Bertz CT molecular complexity index is 2270. The summed E-state index contributed by atoms with van der Waals surface area (Å²) in [5, 5.41) is 29.9. The van der Waals surface area contributed by atoms with Gasteiger partial charge in [0.05, 0.1) is 23.5 Å². The van der Waals surface area contributed by atoms with Gasteiger partial charge in [-0.05, 0) is 198 Å². The second-order valence-electron chi connectivity index (χ2n) is 23.5. The third-order valence-electron chi connectivity index (χ3n) is 15.8. The van der Waals surface area contributed by atoms with Gasteiger partial charge in [-0.3, -0.25) is 19.4 Å². The first-order valence-electron chi connectivity index (χ1n) is 27.2. The molecule has 8 rings (SSSR count). The Hall–Kier alpha value is -3.58. The smallest absolute Gasteiger partial charge is 0.870 e. The number of esters is 2. The molecule has 2 aliphatic carbocycles. The van der Waals surface area contributed by atoms with Gasteiger partial charge in [0.2, 0.25) is 18.7 Å². The van der Waals surface area contributed by atoms with Gasteiger partial charge in [0, 0.05) is 18.0 Å². The number of likely N-dealkylation sites (tertiary alicyclic amines) is 2. The molecule has 4 saturated heterocycles. The van der Waals surface area contributed by atoms with Gasteiger partial charge in [-0.1, -0.05) is 45.0 Å². The predicted molar refractivity (Wildman–Crippen MR) is 277 cm³/mol. The number of benzene rings is 2. The van der Waals surface area contributed by atoms with Crippen LogP contribution >= 0.6 is 0 Å². The molecule has 4 aliphatic heterocycles. The van der Waals surface area contributed by atoms with E-state index in [4.69, 9.17) is 47.6 Å². The molecule has 77 heavy (non-hydrogen) atoms. The minimum absolute atomic E-state index is 0. The van der Waals surface area contributed by atoms with Crippen LogP contribution < -0.4 is 39.0 Å². The van der Waals surface area contributed by atoms with Crippen molar-refractivity contribution in [3.05, 3.63) is 57.6 Å². The summed E-state index contributed by atoms with van der Waals surface area (Å²) in [6, 6.07) is 9.84. The number of rotatable bonds is 10. The maximum absolute atomic E-state index is 13.2. The van der Waals surface area contributed by atoms with Crippen molar-refractivity contribution in [2.24, 2.45) is 28.6 Å². The van der Waals surface area contributed by atoms with Crippen LogP contribution in [0.2, 0.25) is 0 Å². The van der Waals surface area contributed by atoms with Gasteiger partial charge in [-0.2, -0.15) is 19.2 Å². The first kappa shape index (κ1) is 67.7. The molecule has 4 N–H and O–H groups in total. The zero-order valence-corrected chi connectivity index (χ0v) is 50.0. The molecule has 6 aliphatic rings. The van der Waals surface area contributed by atoms with Crippen LogP contribution in [0.5, 0.6) is 11.5 Å². The first-order valence-corrected chi connectivity index (χ1v) is 27.2. The molecular weight excluding hydrogens is 1000 g/mol. The van der Waals surface area contributed by atoms with Gasteiger partial charge >= 0.3 is 53.8 Å². The molecule has 0 unspecified atom stereocenters. The van der Waals surface area contributed by atoms with Crippen molar-refractivity contribution < 1.29 is 108 Å². The second-order valence-corrected chi connectivity index (χ2v) is 23.5. The quantitative estimate of drug-likeness (QED) is 0.228. The number of hydrogen-bond acceptors (Lipinski definition) is 18. The van der Waals surface area contributed by atoms with Crippen molar-refractivity contribution in [1.29, 1.82) is 0 Å². The van der Waals surface area contributed by atoms with Crippen LogP contribution in [0.15, 0.2) is 24.3 Å². The fourth-order valence-electron chi connectivity index (χ4n) is 11.6. The van der Waals surface area contributed by atoms with Gasteiger partial charge in [0.25, 0.3) is 0 Å². The Kier molecular flexibility index (Phi) is 26.6. The van der Waals surface area contributed by atoms with E-state index in [0.717, 1.165) is 61.4 Å². The van der Waals surface area contributed by atoms with E-state index in [9.17, 15) is 24.9 Å². The second kappa shape index (κ2) is 30.3. The zero-order valence-electron chi connectivity index (χ0n) is 48.0. The number of carbonyl (C=O) groups is 2. The molecule has 0 spiro atoms. The van der Waals surface area contributed by atoms with E-state index in [0.29, 0.717) is 23.9 Å². The molecule has 0 bridgehead atoms. The molecule has 426 valence electrons. The Morgan fingerprint density at radius 2 is 1.08 bits per heavy atom. The van der Waals surface area contributed by atoms with Crippen LogP contribution in [-0.2, 0) is 73.4 Å². The summed E-state index contributed by atoms with van der Waals surface area (Å²) >= 11 is 0. The number of ether oxygens (including phenoxy) is 6. The number of carbonyl (C=O) groups excluding carboxylic acids is 6. The molecule has 2 aromatic carbocycles. The SMILES string of the molecule is CCCN1CCC[C@@H]2Cc3c(ccc(C)c3O[C@@H]3OC[C@@H](O)[C@H](O)[C@H]3O)C[C@H]21.CCCN1CCC[C@@H]2Cc3c(ccc(C)c3O[C@@H]3O[C@H](C)[C@@H](C)[C@H](OC(=O)C(C)(C)C)[C@H]3OC(=O)C(C)(C)C)C[C@H]21.O=C=O.O=C=O.[Na+].[OH-]. The molecular formula is C58H87N2NaO16. The molecule has 0 saturated carbocycles. The fraction of sp³-hybridized carbons (Fsp3) is 0.724. The third-order valence-corrected chi connectivity index (χ3v) is 15.8. The predicted octanol–water partition coefficient (Wildman–Crippen LogP) is 3.32. The summed E-state index contributed by atoms with van der Waals surface area (Å²) in [6.07, 6.45) is 4.41. The van der Waals surface area contributed by atoms with E-state index in [1.54, 1.807) is 0 Å². The van der Waals surface area contributed by atoms with E-state index in [2.05, 4.69) is 54.8 Å². The normalized spacial score (nSPS) is 29.6. The van der Waals surface area contributed by atoms with Crippen LogP contribution in [0.3, 0.4) is 0 Å². The van der Waals surface area contributed by atoms with E-state index >= 15 is 0 Å². The summed E-state index contributed by atoms with van der Waals surface area (Å²) in [7, 11) is 0. The minimum atomic E-state index is -1.27. The number of aliphatic hydroxyl groups excluding tert-OH is 3. The van der Waals surface area contributed by atoms with Gasteiger partial charge in [-0.15, -0.1) is 0 Å². The molecule has 0 amide bonds. The molecule has 19 heteroatoms. The topological polar surface area (TPSA) is 255 Å². The van der Waals surface area contributed by atoms with Crippen molar-refractivity contribution in [3.63, 3.8) is 0 Å². The largest absolute Gasteiger partial charge is 1.00 e. The summed E-state index contributed by atoms with van der Waals surface area (Å²) < 4.78 is 37.0. The minimum Gasteiger partial charge on any atom is -0.870 e. The monoisotopic (exact) mass is 1090 g/mol. The molecule has 18 nitrogen and oxygen atoms in total. The molecule has 2 aromatic rings. The van der Waals surface area contributed by atoms with Crippen molar-refractivity contribution in [3.8, 4) is 11.5 Å². The average molecular weight is 1090 g/mol. The van der Waals surface area contributed by atoms with E-state index in [1.807, 2.05) is 62.3 Å². The number of nitrogens with zero attached hydrogens (tertiary/aromatic N) is 2. The first-order chi connectivity index (χ1) is 35.4. The Labute approximate surface area is 478 Å². The molecule has 4 heterocycles. The number of fused-ring (bicyclic) bond motifs is 4. The molecule has 13 atom stereocenters. The standard InChI is InChI=1S/C34H53NO6.C22H33NO5.2CO2.Na.H2O/c1-11-16-35-17-12-13-24-18-25-23(19-26(24)35)15-14-20(2)27(25)39-30-29(41-32(37)34(8,9)10)28(21(3)22(4)38-30)40-31(36)33(5,6)7;1-3-8-23-9-4-5-15-10-16-14(11-17(15)23)7-6-13(2)21(16)28-22-20(26)19(25)18(24)12-27-22;2*2-1-3;;/h14-15,21-22,24,26,28-30H,11-13,16-19H2,1-10H3;6-7,15,17-20,22,24-26H,3-5,8-12H2,1-2H3;;;;1H2/q;;;;+1;/p-1/t21-,22-,24-,26-,28+,29-,30+;15-,17-,18-,19+,20-,22+;;;;/m11..../s1. The number of hydrogen-bond donors (Lipinski definition) is 3. The van der Waals surface area contributed by atoms with Crippen LogP contribution in [0, 0.1) is 42.4 Å². The van der Waals surface area contributed by atoms with Gasteiger partial charge in [0.15, 0.2) is 0 Å². The van der Waals surface area contributed by atoms with Gasteiger partial charge < -0.3 is 49.2 Å². The summed E-state index contributed by atoms with van der Waals surface area (Å²) in [4.78, 5) is 64.1. The van der Waals surface area contributed by atoms with E-state index < -0.39 is 53.9 Å². The van der Waals surface area contributed by atoms with Crippen LogP contribution in [0.4, 0.5) is 0 Å². The fourth-order valence-corrected chi connectivity index (χ4v) is 11.6. The van der Waals surface area contributed by atoms with Crippen LogP contribution in [0.25, 0.3) is 0 Å². The van der Waals surface area contributed by atoms with Crippen molar-refractivity contribution in [2.75, 3.05) is 32.8 Å². The van der Waals surface area contributed by atoms with E-state index in [1.165, 1.54) is 73.9 Å². The third kappa shape index (κ3) is 17.0. The Morgan fingerprint density at radius 1 is 0.662 bits per heavy atom. The van der Waals surface area contributed by atoms with Crippen LogP contribution in [-0.4, -0.2) is 149 Å². The summed E-state index contributed by atoms with van der Waals surface area (Å²) in [5.74, 6) is 1.89. The van der Waals surface area contributed by atoms with Crippen molar-refractivity contribution in [2.45, 2.75) is 209 Å². The van der Waals surface area contributed by atoms with E-state index in [-0.39, 0.29) is 77.9 Å². The Morgan fingerprint density at radius 3 is 1.49 bits per heavy atom. The number of piperidine rings is 2. The maximum Gasteiger partial charge on any atom is 1.00 e. The number of aliphatic hydroxyl groups is 3. The average Bonchev–Trinajstić information content (AvgIpc) is 3.35. The zero-order chi connectivity index (χ0) is 55.5. The number of aryl methyl sites for hydroxylation is 2. The molecule has 0 radical (unpaired) electrons. The van der Waals surface area contributed by atoms with Gasteiger partial charge in [-0.25, -0.2) is 0 Å². The maximum atomic E-state index is 13.2. The van der Waals surface area contributed by atoms with Crippen molar-refractivity contribution in [1.82, 2.24) is 9.80 Å². The summed E-state index contributed by atoms with van der Waals surface area (Å²) in [6.45, 7) is 28.1.